The number of hydrogen-bond donors (Lipinski definition) is 0. The highest BCUT2D eigenvalue weighted by Crippen LogP contribution is 2.34. The van der Waals surface area contributed by atoms with Crippen molar-refractivity contribution in [3.63, 3.8) is 0 Å². The fraction of sp³-hybridized carbons (Fsp3) is 0.174. The molecule has 0 bridgehead atoms. The summed E-state index contributed by atoms with van der Waals surface area (Å²) in [4.78, 5) is 19.4. The molecule has 140 valence electrons. The van der Waals surface area contributed by atoms with Gasteiger partial charge in [0.15, 0.2) is 0 Å². The minimum atomic E-state index is -0.140. The van der Waals surface area contributed by atoms with Crippen molar-refractivity contribution in [3.05, 3.63) is 95.8 Å². The van der Waals surface area contributed by atoms with Gasteiger partial charge in [0.05, 0.1) is 11.8 Å². The lowest BCUT2D eigenvalue weighted by molar-refractivity contribution is 0.0711. The summed E-state index contributed by atoms with van der Waals surface area (Å²) in [6, 6.07) is 21.3. The maximum absolute atomic E-state index is 13.2. The van der Waals surface area contributed by atoms with E-state index in [0.29, 0.717) is 12.0 Å². The van der Waals surface area contributed by atoms with E-state index in [1.807, 2.05) is 56.6 Å². The van der Waals surface area contributed by atoms with E-state index >= 15 is 0 Å². The number of hydrogen-bond acceptors (Lipinski definition) is 4. The zero-order valence-corrected chi connectivity index (χ0v) is 16.0. The van der Waals surface area contributed by atoms with Gasteiger partial charge in [-0.2, -0.15) is 5.10 Å². The van der Waals surface area contributed by atoms with Gasteiger partial charge < -0.3 is 4.90 Å². The van der Waals surface area contributed by atoms with E-state index < -0.39 is 0 Å². The Hall–Kier alpha value is -3.47. The first-order chi connectivity index (χ1) is 13.6. The molecule has 0 radical (unpaired) electrons. The predicted molar refractivity (Wildman–Crippen MR) is 112 cm³/mol. The number of hydrazone groups is 1. The normalized spacial score (nSPS) is 16.0. The Morgan fingerprint density at radius 3 is 2.39 bits per heavy atom. The molecule has 0 spiro atoms. The summed E-state index contributed by atoms with van der Waals surface area (Å²) in [5.74, 6) is -0.0961. The molecule has 1 amide bonds. The average molecular weight is 370 g/mol. The van der Waals surface area contributed by atoms with Gasteiger partial charge in [-0.3, -0.25) is 9.78 Å². The van der Waals surface area contributed by atoms with E-state index in [2.05, 4.69) is 34.1 Å². The Morgan fingerprint density at radius 1 is 1.00 bits per heavy atom. The number of aromatic nitrogens is 1. The Kier molecular flexibility index (Phi) is 4.89. The molecule has 0 saturated heterocycles. The van der Waals surface area contributed by atoms with Gasteiger partial charge in [-0.05, 0) is 35.9 Å². The second-order valence-corrected chi connectivity index (χ2v) is 7.01. The number of anilines is 1. The van der Waals surface area contributed by atoms with Crippen LogP contribution in [0.25, 0.3) is 0 Å². The summed E-state index contributed by atoms with van der Waals surface area (Å²) in [5.41, 5.74) is 4.64. The highest BCUT2D eigenvalue weighted by molar-refractivity contribution is 6.04. The molecule has 0 N–H and O–H groups in total. The molecule has 0 aliphatic carbocycles. The zero-order chi connectivity index (χ0) is 19.5. The van der Waals surface area contributed by atoms with Crippen molar-refractivity contribution in [2.75, 3.05) is 19.0 Å². The summed E-state index contributed by atoms with van der Waals surface area (Å²) in [5, 5.41) is 6.31. The lowest BCUT2D eigenvalue weighted by Gasteiger charge is -2.23. The van der Waals surface area contributed by atoms with Crippen LogP contribution in [0.1, 0.15) is 33.9 Å². The van der Waals surface area contributed by atoms with Gasteiger partial charge in [0.2, 0.25) is 0 Å². The summed E-state index contributed by atoms with van der Waals surface area (Å²) in [6.07, 6.45) is 4.19. The van der Waals surface area contributed by atoms with Crippen LogP contribution in [0.15, 0.2) is 84.2 Å². The quantitative estimate of drug-likeness (QED) is 0.693. The van der Waals surface area contributed by atoms with Gasteiger partial charge in [0.25, 0.3) is 5.91 Å². The zero-order valence-electron chi connectivity index (χ0n) is 16.0. The van der Waals surface area contributed by atoms with Crippen LogP contribution < -0.4 is 4.90 Å². The maximum Gasteiger partial charge on any atom is 0.274 e. The molecule has 1 unspecified atom stereocenters. The molecule has 0 fully saturated rings. The predicted octanol–water partition coefficient (Wildman–Crippen LogP) is 4.14. The molecule has 1 aliphatic heterocycles. The summed E-state index contributed by atoms with van der Waals surface area (Å²) in [6.45, 7) is 0. The first-order valence-corrected chi connectivity index (χ1v) is 9.27. The first-order valence-electron chi connectivity index (χ1n) is 9.27. The summed E-state index contributed by atoms with van der Waals surface area (Å²) in [7, 11) is 4.03. The van der Waals surface area contributed by atoms with Crippen LogP contribution in [0, 0.1) is 0 Å². The highest BCUT2D eigenvalue weighted by atomic mass is 16.2. The minimum Gasteiger partial charge on any atom is -0.378 e. The molecular formula is C23H22N4O. The fourth-order valence-corrected chi connectivity index (χ4v) is 3.37. The second-order valence-electron chi connectivity index (χ2n) is 7.01. The van der Waals surface area contributed by atoms with Crippen LogP contribution in [0.5, 0.6) is 0 Å². The minimum absolute atomic E-state index is 0.0961. The lowest BCUT2D eigenvalue weighted by atomic mass is 9.98. The van der Waals surface area contributed by atoms with Gasteiger partial charge in [0.1, 0.15) is 0 Å². The van der Waals surface area contributed by atoms with E-state index in [0.717, 1.165) is 22.5 Å². The topological polar surface area (TPSA) is 48.8 Å². The molecule has 5 heteroatoms. The summed E-state index contributed by atoms with van der Waals surface area (Å²) < 4.78 is 0. The fourth-order valence-electron chi connectivity index (χ4n) is 3.37. The molecule has 2 aromatic carbocycles. The number of benzene rings is 2. The van der Waals surface area contributed by atoms with E-state index in [4.69, 9.17) is 5.10 Å². The van der Waals surface area contributed by atoms with Gasteiger partial charge in [-0.25, -0.2) is 5.01 Å². The number of pyridine rings is 1. The van der Waals surface area contributed by atoms with Crippen molar-refractivity contribution in [2.45, 2.75) is 12.5 Å². The maximum atomic E-state index is 13.2. The third-order valence-electron chi connectivity index (χ3n) is 4.93. The van der Waals surface area contributed by atoms with Crippen LogP contribution in [0.3, 0.4) is 0 Å². The van der Waals surface area contributed by atoms with Crippen LogP contribution in [-0.4, -0.2) is 35.7 Å². The standard InChI is InChI=1S/C23H22N4O/c1-26(2)20-12-10-17(11-13-20)22-15-21(19-9-6-14-24-16-19)25-27(22)23(28)18-7-4-3-5-8-18/h3-14,16,22H,15H2,1-2H3. The highest BCUT2D eigenvalue weighted by Gasteiger charge is 2.33. The molecule has 1 aliphatic rings. The summed E-state index contributed by atoms with van der Waals surface area (Å²) >= 11 is 0. The molecule has 1 aromatic heterocycles. The van der Waals surface area contributed by atoms with Crippen LogP contribution >= 0.6 is 0 Å². The van der Waals surface area contributed by atoms with Gasteiger partial charge in [-0.15, -0.1) is 0 Å². The van der Waals surface area contributed by atoms with Crippen molar-refractivity contribution in [1.29, 1.82) is 0 Å². The van der Waals surface area contributed by atoms with E-state index in [1.54, 1.807) is 17.4 Å². The van der Waals surface area contributed by atoms with Crippen LogP contribution in [0.2, 0.25) is 0 Å². The van der Waals surface area contributed by atoms with Crippen molar-refractivity contribution >= 4 is 17.3 Å². The van der Waals surface area contributed by atoms with Gasteiger partial charge >= 0.3 is 0 Å². The van der Waals surface area contributed by atoms with E-state index in [9.17, 15) is 4.79 Å². The molecule has 0 saturated carbocycles. The lowest BCUT2D eigenvalue weighted by Crippen LogP contribution is -2.27. The average Bonchev–Trinajstić information content (AvgIpc) is 3.20. The van der Waals surface area contributed by atoms with Gasteiger partial charge in [-0.1, -0.05) is 36.4 Å². The van der Waals surface area contributed by atoms with Crippen molar-refractivity contribution < 1.29 is 4.79 Å². The molecule has 1 atom stereocenters. The van der Waals surface area contributed by atoms with E-state index in [-0.39, 0.29) is 11.9 Å². The number of carbonyl (C=O) groups is 1. The van der Waals surface area contributed by atoms with E-state index in [1.165, 1.54) is 0 Å². The Bertz CT molecular complexity index is 982. The molecule has 3 aromatic rings. The number of carbonyl (C=O) groups excluding carboxylic acids is 1. The molecule has 2 heterocycles. The number of nitrogens with zero attached hydrogens (tertiary/aromatic N) is 4. The third kappa shape index (κ3) is 3.51. The Labute approximate surface area is 164 Å². The van der Waals surface area contributed by atoms with Crippen molar-refractivity contribution in [1.82, 2.24) is 9.99 Å². The number of rotatable bonds is 4. The first kappa shape index (κ1) is 17.9. The van der Waals surface area contributed by atoms with Crippen molar-refractivity contribution in [3.8, 4) is 0 Å². The Morgan fingerprint density at radius 2 is 1.75 bits per heavy atom. The van der Waals surface area contributed by atoms with Crippen LogP contribution in [-0.2, 0) is 0 Å². The molecule has 5 nitrogen and oxygen atoms in total. The number of amides is 1. The Balaban J connectivity index is 1.70. The molecule has 4 rings (SSSR count). The monoisotopic (exact) mass is 370 g/mol. The second kappa shape index (κ2) is 7.64. The largest absolute Gasteiger partial charge is 0.378 e. The third-order valence-corrected chi connectivity index (χ3v) is 4.93. The molecule has 28 heavy (non-hydrogen) atoms. The smallest absolute Gasteiger partial charge is 0.274 e. The van der Waals surface area contributed by atoms with Crippen LogP contribution in [0.4, 0.5) is 5.69 Å². The van der Waals surface area contributed by atoms with Gasteiger partial charge in [0, 0.05) is 49.7 Å². The van der Waals surface area contributed by atoms with Crippen molar-refractivity contribution in [2.24, 2.45) is 5.10 Å². The molecular weight excluding hydrogens is 348 g/mol. The SMILES string of the molecule is CN(C)c1ccc(C2CC(c3cccnc3)=NN2C(=O)c2ccccc2)cc1.